The second-order valence-corrected chi connectivity index (χ2v) is 22.7. The van der Waals surface area contributed by atoms with Crippen LogP contribution < -0.4 is 0 Å². The highest BCUT2D eigenvalue weighted by Gasteiger charge is 2.19. The van der Waals surface area contributed by atoms with Crippen molar-refractivity contribution in [3.8, 4) is 0 Å². The van der Waals surface area contributed by atoms with Gasteiger partial charge < -0.3 is 14.2 Å². The zero-order chi connectivity index (χ0) is 54.3. The Balaban J connectivity index is 4.15. The highest BCUT2D eigenvalue weighted by Crippen LogP contribution is 2.18. The Morgan fingerprint density at radius 3 is 0.800 bits per heavy atom. The Bertz CT molecular complexity index is 1250. The van der Waals surface area contributed by atoms with Crippen LogP contribution >= 0.6 is 0 Å². The fraction of sp³-hybridized carbons (Fsp3) is 0.870. The first kappa shape index (κ1) is 72.6. The van der Waals surface area contributed by atoms with Gasteiger partial charge >= 0.3 is 17.9 Å². The van der Waals surface area contributed by atoms with Gasteiger partial charge in [-0.3, -0.25) is 14.4 Å². The first-order valence-electron chi connectivity index (χ1n) is 33.5. The topological polar surface area (TPSA) is 78.9 Å². The van der Waals surface area contributed by atoms with E-state index in [2.05, 4.69) is 57.2 Å². The van der Waals surface area contributed by atoms with E-state index in [0.29, 0.717) is 19.3 Å². The van der Waals surface area contributed by atoms with Crippen molar-refractivity contribution in [1.82, 2.24) is 0 Å². The molecule has 0 amide bonds. The van der Waals surface area contributed by atoms with E-state index in [4.69, 9.17) is 14.2 Å². The van der Waals surface area contributed by atoms with E-state index in [1.165, 1.54) is 250 Å². The highest BCUT2D eigenvalue weighted by molar-refractivity contribution is 5.71. The molecule has 0 saturated carbocycles. The number of carbonyl (C=O) groups is 3. The van der Waals surface area contributed by atoms with Gasteiger partial charge in [0.1, 0.15) is 13.2 Å². The van der Waals surface area contributed by atoms with E-state index >= 15 is 0 Å². The molecule has 0 aliphatic carbocycles. The number of hydrogen-bond acceptors (Lipinski definition) is 6. The van der Waals surface area contributed by atoms with Gasteiger partial charge in [-0.05, 0) is 70.6 Å². The van der Waals surface area contributed by atoms with Crippen molar-refractivity contribution in [2.75, 3.05) is 13.2 Å². The van der Waals surface area contributed by atoms with Gasteiger partial charge in [-0.2, -0.15) is 0 Å². The Morgan fingerprint density at radius 1 is 0.267 bits per heavy atom. The summed E-state index contributed by atoms with van der Waals surface area (Å²) in [4.78, 5) is 38.2. The number of rotatable bonds is 62. The molecule has 0 bridgehead atoms. The minimum atomic E-state index is -0.772. The third-order valence-electron chi connectivity index (χ3n) is 15.1. The predicted molar refractivity (Wildman–Crippen MR) is 326 cm³/mol. The van der Waals surface area contributed by atoms with E-state index in [1.54, 1.807) is 0 Å². The third-order valence-corrected chi connectivity index (χ3v) is 15.1. The van der Waals surface area contributed by atoms with E-state index in [-0.39, 0.29) is 31.1 Å². The maximum absolute atomic E-state index is 12.9. The average Bonchev–Trinajstić information content (AvgIpc) is 3.41. The molecule has 0 N–H and O–H groups in total. The van der Waals surface area contributed by atoms with Crippen molar-refractivity contribution in [2.24, 2.45) is 0 Å². The number of esters is 3. The summed E-state index contributed by atoms with van der Waals surface area (Å²) in [6.45, 7) is 6.63. The molecule has 0 spiro atoms. The van der Waals surface area contributed by atoms with E-state index in [9.17, 15) is 14.4 Å². The molecule has 0 saturated heterocycles. The average molecular weight is 1050 g/mol. The number of hydrogen-bond donors (Lipinski definition) is 0. The van der Waals surface area contributed by atoms with Crippen molar-refractivity contribution in [1.29, 1.82) is 0 Å². The van der Waals surface area contributed by atoms with E-state index < -0.39 is 6.10 Å². The molecule has 1 unspecified atom stereocenters. The monoisotopic (exact) mass is 1050 g/mol. The van der Waals surface area contributed by atoms with E-state index in [1.807, 2.05) is 0 Å². The van der Waals surface area contributed by atoms with Crippen LogP contribution in [0.1, 0.15) is 367 Å². The minimum Gasteiger partial charge on any atom is -0.462 e. The molecule has 440 valence electrons. The second-order valence-electron chi connectivity index (χ2n) is 22.7. The zero-order valence-corrected chi connectivity index (χ0v) is 50.6. The molecule has 6 heteroatoms. The van der Waals surface area contributed by atoms with Crippen molar-refractivity contribution in [3.05, 3.63) is 36.5 Å². The largest absolute Gasteiger partial charge is 0.462 e. The maximum Gasteiger partial charge on any atom is 0.306 e. The first-order chi connectivity index (χ1) is 37.0. The standard InChI is InChI=1S/C69H128O6/c1-4-7-10-13-16-19-22-24-26-28-30-32-33-34-35-36-37-38-40-41-43-45-47-50-53-56-59-62-68(71)74-65-66(64-73-67(70)61-58-55-52-49-21-18-15-12-9-6-3)75-69(72)63-60-57-54-51-48-46-44-42-39-31-29-27-25-23-20-17-14-11-8-5-2/h12,15,22,24,28,30,66H,4-11,13-14,16-21,23,25-27,29,31-65H2,1-3H3/b15-12-,24-22-,30-28-. The van der Waals surface area contributed by atoms with Gasteiger partial charge in [0.15, 0.2) is 6.10 Å². The fourth-order valence-corrected chi connectivity index (χ4v) is 10.1. The van der Waals surface area contributed by atoms with Gasteiger partial charge in [0.05, 0.1) is 0 Å². The molecular formula is C69H128O6. The van der Waals surface area contributed by atoms with Crippen LogP contribution in [0.3, 0.4) is 0 Å². The summed E-state index contributed by atoms with van der Waals surface area (Å²) in [6.07, 6.45) is 78.9. The van der Waals surface area contributed by atoms with Gasteiger partial charge in [-0.25, -0.2) is 0 Å². The molecule has 0 heterocycles. The molecule has 0 aliphatic heterocycles. The lowest BCUT2D eigenvalue weighted by atomic mass is 10.0. The quantitative estimate of drug-likeness (QED) is 0.0261. The van der Waals surface area contributed by atoms with Gasteiger partial charge in [-0.1, -0.05) is 314 Å². The Labute approximate surface area is 467 Å². The van der Waals surface area contributed by atoms with Gasteiger partial charge in [0.2, 0.25) is 0 Å². The van der Waals surface area contributed by atoms with Gasteiger partial charge in [0, 0.05) is 19.3 Å². The van der Waals surface area contributed by atoms with Crippen LogP contribution in [-0.2, 0) is 28.6 Å². The van der Waals surface area contributed by atoms with Crippen LogP contribution in [-0.4, -0.2) is 37.2 Å². The summed E-state index contributed by atoms with van der Waals surface area (Å²) in [6, 6.07) is 0. The highest BCUT2D eigenvalue weighted by atomic mass is 16.6. The number of allylic oxidation sites excluding steroid dienone is 6. The molecule has 0 aromatic heterocycles. The summed E-state index contributed by atoms with van der Waals surface area (Å²) in [7, 11) is 0. The van der Waals surface area contributed by atoms with E-state index in [0.717, 1.165) is 77.0 Å². The molecular weight excluding hydrogens is 925 g/mol. The SMILES string of the molecule is CCC/C=C\CCCCCCCC(=O)OCC(COC(=O)CCCCCCCCCCCCCCCCC/C=C\C/C=C\CCCCCCC)OC(=O)CCCCCCCCCCCCCCCCCCCCCC. The molecule has 1 atom stereocenters. The molecule has 0 rings (SSSR count). The molecule has 0 fully saturated rings. The van der Waals surface area contributed by atoms with Crippen molar-refractivity contribution in [3.63, 3.8) is 0 Å². The van der Waals surface area contributed by atoms with Crippen LogP contribution in [0.5, 0.6) is 0 Å². The van der Waals surface area contributed by atoms with Crippen molar-refractivity contribution < 1.29 is 28.6 Å². The normalized spacial score (nSPS) is 12.2. The van der Waals surface area contributed by atoms with Gasteiger partial charge in [0.25, 0.3) is 0 Å². The smallest absolute Gasteiger partial charge is 0.306 e. The minimum absolute atomic E-state index is 0.0700. The lowest BCUT2D eigenvalue weighted by Gasteiger charge is -2.18. The number of ether oxygens (including phenoxy) is 3. The first-order valence-corrected chi connectivity index (χ1v) is 33.5. The Kier molecular flexibility index (Phi) is 62.1. The van der Waals surface area contributed by atoms with Crippen LogP contribution in [0.15, 0.2) is 36.5 Å². The summed E-state index contributed by atoms with van der Waals surface area (Å²) < 4.78 is 16.9. The summed E-state index contributed by atoms with van der Waals surface area (Å²) in [5.41, 5.74) is 0. The molecule has 0 aromatic carbocycles. The maximum atomic E-state index is 12.9. The Hall–Kier alpha value is -2.37. The van der Waals surface area contributed by atoms with Crippen LogP contribution in [0.4, 0.5) is 0 Å². The summed E-state index contributed by atoms with van der Waals surface area (Å²) >= 11 is 0. The molecule has 0 aromatic rings. The summed E-state index contributed by atoms with van der Waals surface area (Å²) in [5.74, 6) is -0.856. The second kappa shape index (κ2) is 64.2. The Morgan fingerprint density at radius 2 is 0.507 bits per heavy atom. The lowest BCUT2D eigenvalue weighted by Crippen LogP contribution is -2.30. The molecule has 0 radical (unpaired) electrons. The lowest BCUT2D eigenvalue weighted by molar-refractivity contribution is -0.167. The summed E-state index contributed by atoms with van der Waals surface area (Å²) in [5, 5.41) is 0. The van der Waals surface area contributed by atoms with Crippen molar-refractivity contribution >= 4 is 17.9 Å². The zero-order valence-electron chi connectivity index (χ0n) is 50.6. The molecule has 6 nitrogen and oxygen atoms in total. The van der Waals surface area contributed by atoms with Crippen LogP contribution in [0.25, 0.3) is 0 Å². The van der Waals surface area contributed by atoms with Crippen molar-refractivity contribution in [2.45, 2.75) is 374 Å². The molecule has 75 heavy (non-hydrogen) atoms. The van der Waals surface area contributed by atoms with Gasteiger partial charge in [-0.15, -0.1) is 0 Å². The number of unbranched alkanes of at least 4 members (excludes halogenated alkanes) is 45. The predicted octanol–water partition coefficient (Wildman–Crippen LogP) is 22.8. The van der Waals surface area contributed by atoms with Crippen LogP contribution in [0, 0.1) is 0 Å². The molecule has 0 aliphatic rings. The number of carbonyl (C=O) groups excluding carboxylic acids is 3. The fourth-order valence-electron chi connectivity index (χ4n) is 10.1. The third kappa shape index (κ3) is 62.4. The van der Waals surface area contributed by atoms with Crippen LogP contribution in [0.2, 0.25) is 0 Å².